The summed E-state index contributed by atoms with van der Waals surface area (Å²) in [5, 5.41) is 0. The van der Waals surface area contributed by atoms with Gasteiger partial charge in [-0.2, -0.15) is 9.97 Å². The second kappa shape index (κ2) is 6.86. The molecule has 0 amide bonds. The maximum absolute atomic E-state index is 12.8. The lowest BCUT2D eigenvalue weighted by atomic mass is 9.96. The molecule has 4 heterocycles. The smallest absolute Gasteiger partial charge is 0.475 e. The van der Waals surface area contributed by atoms with Crippen molar-refractivity contribution in [2.24, 2.45) is 5.92 Å². The second-order valence-electron chi connectivity index (χ2n) is 8.23. The van der Waals surface area contributed by atoms with E-state index in [2.05, 4.69) is 15.0 Å². The van der Waals surface area contributed by atoms with E-state index in [1.165, 1.54) is 0 Å². The Bertz CT molecular complexity index is 1030. The van der Waals surface area contributed by atoms with Crippen LogP contribution in [0.5, 0.6) is 5.88 Å². The van der Waals surface area contributed by atoms with Crippen molar-refractivity contribution in [2.45, 2.75) is 64.1 Å². The molecule has 3 unspecified atom stereocenters. The standard InChI is InChI=1S/C18H26N5O6P/c1-5-25-16-13-15(21-17(19)22-16)23(8-20-13)12-6-18(12)10(4)14-11(27-18)7-26-30(24,29-14)28-9(2)3/h8-12,14H,5-7H2,1-4H3,(H2,19,21,22)/t10?,11-,12?,14+,18+,30?/m1/s1. The van der Waals surface area contributed by atoms with E-state index in [1.807, 2.05) is 18.4 Å². The largest absolute Gasteiger partial charge is 0.476 e. The van der Waals surface area contributed by atoms with Crippen molar-refractivity contribution in [3.8, 4) is 5.88 Å². The molecular formula is C18H26N5O6P. The minimum absolute atomic E-state index is 0.0131. The van der Waals surface area contributed by atoms with Gasteiger partial charge in [0.25, 0.3) is 0 Å². The number of ether oxygens (including phenoxy) is 2. The van der Waals surface area contributed by atoms with E-state index in [4.69, 9.17) is 28.8 Å². The summed E-state index contributed by atoms with van der Waals surface area (Å²) in [4.78, 5) is 13.0. The number of imidazole rings is 1. The molecule has 2 aromatic heterocycles. The number of anilines is 1. The Kier molecular flexibility index (Phi) is 4.61. The van der Waals surface area contributed by atoms with Gasteiger partial charge in [0.2, 0.25) is 11.8 Å². The average molecular weight is 439 g/mol. The predicted molar refractivity (Wildman–Crippen MR) is 106 cm³/mol. The summed E-state index contributed by atoms with van der Waals surface area (Å²) in [6.07, 6.45) is 1.51. The van der Waals surface area contributed by atoms with E-state index in [0.717, 1.165) is 6.42 Å². The fourth-order valence-corrected chi connectivity index (χ4v) is 6.20. The molecule has 11 nitrogen and oxygen atoms in total. The zero-order valence-electron chi connectivity index (χ0n) is 17.3. The summed E-state index contributed by atoms with van der Waals surface area (Å²) in [5.74, 6) is 0.467. The van der Waals surface area contributed by atoms with E-state index in [9.17, 15) is 4.57 Å². The number of aromatic nitrogens is 4. The molecule has 1 aliphatic carbocycles. The van der Waals surface area contributed by atoms with Crippen LogP contribution in [0.3, 0.4) is 0 Å². The minimum Gasteiger partial charge on any atom is -0.476 e. The van der Waals surface area contributed by atoms with Gasteiger partial charge in [-0.25, -0.2) is 9.55 Å². The Morgan fingerprint density at radius 3 is 2.97 bits per heavy atom. The Labute approximate surface area is 173 Å². The van der Waals surface area contributed by atoms with Crippen molar-refractivity contribution in [1.82, 2.24) is 19.5 Å². The lowest BCUT2D eigenvalue weighted by molar-refractivity contribution is -0.0689. The number of rotatable bonds is 5. The number of phosphoric acid groups is 1. The van der Waals surface area contributed by atoms with Crippen molar-refractivity contribution < 1.29 is 27.6 Å². The van der Waals surface area contributed by atoms with Gasteiger partial charge in [0.15, 0.2) is 11.2 Å². The van der Waals surface area contributed by atoms with E-state index in [-0.39, 0.29) is 42.8 Å². The maximum Gasteiger partial charge on any atom is 0.475 e. The van der Waals surface area contributed by atoms with Gasteiger partial charge >= 0.3 is 7.82 Å². The monoisotopic (exact) mass is 439 g/mol. The molecule has 0 bridgehead atoms. The van der Waals surface area contributed by atoms with Crippen LogP contribution in [0.2, 0.25) is 0 Å². The fraction of sp³-hybridized carbons (Fsp3) is 0.722. The highest BCUT2D eigenvalue weighted by Crippen LogP contribution is 2.66. The second-order valence-corrected chi connectivity index (χ2v) is 9.81. The molecule has 164 valence electrons. The van der Waals surface area contributed by atoms with Gasteiger partial charge in [0.1, 0.15) is 12.2 Å². The van der Waals surface area contributed by atoms with E-state index in [1.54, 1.807) is 20.2 Å². The number of nitrogens with two attached hydrogens (primary N) is 1. The van der Waals surface area contributed by atoms with Gasteiger partial charge in [-0.15, -0.1) is 0 Å². The summed E-state index contributed by atoms with van der Waals surface area (Å²) >= 11 is 0. The van der Waals surface area contributed by atoms with Crippen LogP contribution >= 0.6 is 7.82 Å². The minimum atomic E-state index is -3.60. The molecule has 3 fully saturated rings. The topological polar surface area (TPSA) is 133 Å². The van der Waals surface area contributed by atoms with Crippen molar-refractivity contribution in [3.63, 3.8) is 0 Å². The fourth-order valence-electron chi connectivity index (χ4n) is 4.57. The first-order valence-electron chi connectivity index (χ1n) is 10.2. The van der Waals surface area contributed by atoms with Gasteiger partial charge in [0.05, 0.1) is 37.3 Å². The van der Waals surface area contributed by atoms with Crippen LogP contribution in [0.15, 0.2) is 6.33 Å². The number of nitrogen functional groups attached to an aromatic ring is 1. The number of nitrogens with zero attached hydrogens (tertiary/aromatic N) is 4. The Hall–Kier alpha value is -1.78. The van der Waals surface area contributed by atoms with Crippen LogP contribution < -0.4 is 10.5 Å². The third-order valence-corrected chi connectivity index (χ3v) is 7.58. The first kappa shape index (κ1) is 20.1. The quantitative estimate of drug-likeness (QED) is 0.693. The summed E-state index contributed by atoms with van der Waals surface area (Å²) in [6.45, 7) is 8.12. The zero-order valence-corrected chi connectivity index (χ0v) is 18.2. The molecule has 6 atom stereocenters. The number of hydrogen-bond acceptors (Lipinski definition) is 10. The van der Waals surface area contributed by atoms with Gasteiger partial charge in [-0.05, 0) is 20.8 Å². The number of phosphoric ester groups is 1. The summed E-state index contributed by atoms with van der Waals surface area (Å²) in [6, 6.07) is -0.0131. The van der Waals surface area contributed by atoms with Gasteiger partial charge in [0, 0.05) is 12.3 Å². The van der Waals surface area contributed by atoms with Gasteiger partial charge in [-0.3, -0.25) is 13.6 Å². The molecule has 2 aliphatic heterocycles. The third-order valence-electron chi connectivity index (χ3n) is 5.93. The Morgan fingerprint density at radius 2 is 2.23 bits per heavy atom. The molecule has 3 aliphatic rings. The lowest BCUT2D eigenvalue weighted by Gasteiger charge is -2.32. The summed E-state index contributed by atoms with van der Waals surface area (Å²) in [5.41, 5.74) is 6.57. The van der Waals surface area contributed by atoms with Crippen LogP contribution in [-0.4, -0.2) is 56.6 Å². The normalized spacial score (nSPS) is 37.8. The third kappa shape index (κ3) is 3.03. The molecule has 0 aromatic carbocycles. The Morgan fingerprint density at radius 1 is 1.43 bits per heavy atom. The molecule has 0 radical (unpaired) electrons. The van der Waals surface area contributed by atoms with Crippen molar-refractivity contribution in [1.29, 1.82) is 0 Å². The first-order chi connectivity index (χ1) is 14.3. The molecule has 30 heavy (non-hydrogen) atoms. The molecule has 5 rings (SSSR count). The molecular weight excluding hydrogens is 413 g/mol. The lowest BCUT2D eigenvalue weighted by Crippen LogP contribution is -2.36. The number of fused-ring (bicyclic) bond motifs is 2. The first-order valence-corrected chi connectivity index (χ1v) is 11.6. The van der Waals surface area contributed by atoms with Crippen LogP contribution in [-0.2, 0) is 22.9 Å². The number of hydrogen-bond donors (Lipinski definition) is 1. The van der Waals surface area contributed by atoms with Crippen molar-refractivity contribution in [3.05, 3.63) is 6.33 Å². The average Bonchev–Trinajstić information content (AvgIpc) is 3.12. The maximum atomic E-state index is 12.8. The summed E-state index contributed by atoms with van der Waals surface area (Å²) < 4.78 is 43.4. The molecule has 1 spiro atoms. The molecule has 2 N–H and O–H groups in total. The zero-order chi connectivity index (χ0) is 21.3. The van der Waals surface area contributed by atoms with Crippen LogP contribution in [0.4, 0.5) is 5.95 Å². The van der Waals surface area contributed by atoms with E-state index >= 15 is 0 Å². The van der Waals surface area contributed by atoms with E-state index < -0.39 is 13.4 Å². The highest BCUT2D eigenvalue weighted by Gasteiger charge is 2.70. The van der Waals surface area contributed by atoms with Crippen LogP contribution in [0, 0.1) is 5.92 Å². The molecule has 2 saturated heterocycles. The predicted octanol–water partition coefficient (Wildman–Crippen LogP) is 2.47. The van der Waals surface area contributed by atoms with E-state index in [0.29, 0.717) is 23.7 Å². The highest BCUT2D eigenvalue weighted by atomic mass is 31.2. The van der Waals surface area contributed by atoms with Crippen LogP contribution in [0.25, 0.3) is 11.2 Å². The molecule has 2 aromatic rings. The van der Waals surface area contributed by atoms with Gasteiger partial charge in [-0.1, -0.05) is 6.92 Å². The Balaban J connectivity index is 1.42. The SMILES string of the molecule is CCOc1nc(N)nc2c1ncn2C1C[C@@]12O[C@@H]1COP(=O)(OC(C)C)O[C@H]1C2C. The van der Waals surface area contributed by atoms with Crippen molar-refractivity contribution >= 4 is 24.9 Å². The summed E-state index contributed by atoms with van der Waals surface area (Å²) in [7, 11) is -3.60. The van der Waals surface area contributed by atoms with Crippen LogP contribution in [0.1, 0.15) is 40.2 Å². The highest BCUT2D eigenvalue weighted by molar-refractivity contribution is 7.48. The van der Waals surface area contributed by atoms with Gasteiger partial charge < -0.3 is 19.8 Å². The van der Waals surface area contributed by atoms with Crippen molar-refractivity contribution in [2.75, 3.05) is 18.9 Å². The molecule has 12 heteroatoms. The molecule has 1 saturated carbocycles.